The molecule has 1 saturated heterocycles. The van der Waals surface area contributed by atoms with Crippen LogP contribution in [-0.4, -0.2) is 35.8 Å². The normalized spacial score (nSPS) is 22.1. The number of carbonyl (C=O) groups is 3. The lowest BCUT2D eigenvalue weighted by Gasteiger charge is -2.23. The van der Waals surface area contributed by atoms with E-state index in [-0.39, 0.29) is 23.7 Å². The molecule has 5 rings (SSSR count). The van der Waals surface area contributed by atoms with Crippen LogP contribution in [0.25, 0.3) is 21.9 Å². The number of nitrogens with zero attached hydrogens (tertiary/aromatic N) is 1. The standard InChI is InChI=1S/C24H24N2O5/c1-13(26-23(28)15-8-3-4-9-16(15)24(26)29)22(27)25-18-12-20-17(11-21(18)30-2)14-7-5-6-10-19(14)31-20/h5-7,10-13,15-16H,3-4,8-9H2,1-2H3,(H,25,27)/t13-,15+,16+/m1/s1. The van der Waals surface area contributed by atoms with Crippen LogP contribution in [0.1, 0.15) is 32.6 Å². The Bertz CT molecular complexity index is 1190. The molecule has 31 heavy (non-hydrogen) atoms. The summed E-state index contributed by atoms with van der Waals surface area (Å²) in [6, 6.07) is 10.3. The van der Waals surface area contributed by atoms with Crippen molar-refractivity contribution < 1.29 is 23.5 Å². The fourth-order valence-corrected chi connectivity index (χ4v) is 4.94. The van der Waals surface area contributed by atoms with Gasteiger partial charge in [-0.15, -0.1) is 0 Å². The van der Waals surface area contributed by atoms with Gasteiger partial charge in [-0.1, -0.05) is 31.0 Å². The van der Waals surface area contributed by atoms with Gasteiger partial charge in [-0.25, -0.2) is 0 Å². The second kappa shape index (κ2) is 7.41. The average Bonchev–Trinajstić information content (AvgIpc) is 3.27. The van der Waals surface area contributed by atoms with E-state index in [1.165, 1.54) is 7.11 Å². The van der Waals surface area contributed by atoms with E-state index in [0.29, 0.717) is 17.0 Å². The Hall–Kier alpha value is -3.35. The van der Waals surface area contributed by atoms with Crippen molar-refractivity contribution >= 4 is 45.3 Å². The number of anilines is 1. The minimum atomic E-state index is -0.901. The van der Waals surface area contributed by atoms with Crippen LogP contribution in [0.2, 0.25) is 0 Å². The second-order valence-corrected chi connectivity index (χ2v) is 8.36. The molecule has 0 spiro atoms. The number of methoxy groups -OCH3 is 1. The fourth-order valence-electron chi connectivity index (χ4n) is 4.94. The Morgan fingerprint density at radius 2 is 1.74 bits per heavy atom. The predicted molar refractivity (Wildman–Crippen MR) is 116 cm³/mol. The highest BCUT2D eigenvalue weighted by atomic mass is 16.5. The number of likely N-dealkylation sites (tertiary alicyclic amines) is 1. The minimum Gasteiger partial charge on any atom is -0.495 e. The third kappa shape index (κ3) is 3.07. The van der Waals surface area contributed by atoms with E-state index in [9.17, 15) is 14.4 Å². The van der Waals surface area contributed by atoms with Gasteiger partial charge in [0.25, 0.3) is 0 Å². The van der Waals surface area contributed by atoms with E-state index in [1.54, 1.807) is 13.0 Å². The van der Waals surface area contributed by atoms with E-state index in [1.807, 2.05) is 30.3 Å². The highest BCUT2D eigenvalue weighted by molar-refractivity contribution is 6.11. The average molecular weight is 420 g/mol. The number of imide groups is 1. The van der Waals surface area contributed by atoms with Crippen LogP contribution in [-0.2, 0) is 14.4 Å². The highest BCUT2D eigenvalue weighted by Crippen LogP contribution is 2.40. The Morgan fingerprint density at radius 3 is 2.42 bits per heavy atom. The first-order chi connectivity index (χ1) is 15.0. The van der Waals surface area contributed by atoms with Gasteiger partial charge >= 0.3 is 0 Å². The third-order valence-electron chi connectivity index (χ3n) is 6.60. The topological polar surface area (TPSA) is 88.9 Å². The molecule has 1 N–H and O–H groups in total. The Morgan fingerprint density at radius 1 is 1.06 bits per heavy atom. The molecule has 160 valence electrons. The molecule has 0 radical (unpaired) electrons. The molecule has 1 saturated carbocycles. The molecular formula is C24H24N2O5. The summed E-state index contributed by atoms with van der Waals surface area (Å²) in [5.41, 5.74) is 1.79. The van der Waals surface area contributed by atoms with Gasteiger partial charge in [-0.05, 0) is 31.9 Å². The number of benzene rings is 2. The second-order valence-electron chi connectivity index (χ2n) is 8.36. The van der Waals surface area contributed by atoms with Crippen LogP contribution in [0.3, 0.4) is 0 Å². The molecule has 1 aromatic heterocycles. The molecule has 2 fully saturated rings. The summed E-state index contributed by atoms with van der Waals surface area (Å²) >= 11 is 0. The number of nitrogens with one attached hydrogen (secondary N) is 1. The van der Waals surface area contributed by atoms with Crippen molar-refractivity contribution in [1.29, 1.82) is 0 Å². The van der Waals surface area contributed by atoms with Crippen molar-refractivity contribution in [1.82, 2.24) is 4.90 Å². The maximum absolute atomic E-state index is 13.0. The zero-order valence-electron chi connectivity index (χ0n) is 17.5. The summed E-state index contributed by atoms with van der Waals surface area (Å²) in [5.74, 6) is -0.966. The van der Waals surface area contributed by atoms with E-state index in [0.717, 1.165) is 46.9 Å². The molecule has 7 nitrogen and oxygen atoms in total. The number of amides is 3. The molecule has 2 aromatic carbocycles. The van der Waals surface area contributed by atoms with Crippen LogP contribution in [0.5, 0.6) is 5.75 Å². The molecule has 1 aliphatic heterocycles. The van der Waals surface area contributed by atoms with Crippen molar-refractivity contribution in [2.75, 3.05) is 12.4 Å². The molecule has 0 bridgehead atoms. The van der Waals surface area contributed by atoms with Crippen molar-refractivity contribution in [2.45, 2.75) is 38.6 Å². The molecule has 3 amide bonds. The molecule has 1 aliphatic carbocycles. The molecule has 2 heterocycles. The first kappa shape index (κ1) is 19.6. The van der Waals surface area contributed by atoms with Crippen molar-refractivity contribution in [3.63, 3.8) is 0 Å². The SMILES string of the molecule is COc1cc2c(cc1NC(=O)[C@@H](C)N1C(=O)[C@H]3CCCC[C@@H]3C1=O)oc1ccccc12. The lowest BCUT2D eigenvalue weighted by molar-refractivity contribution is -0.146. The first-order valence-corrected chi connectivity index (χ1v) is 10.7. The van der Waals surface area contributed by atoms with Gasteiger partial charge in [0.1, 0.15) is 23.0 Å². The Kier molecular flexibility index (Phi) is 4.68. The number of furan rings is 1. The van der Waals surface area contributed by atoms with Gasteiger partial charge in [-0.2, -0.15) is 0 Å². The number of rotatable bonds is 4. The number of hydrogen-bond acceptors (Lipinski definition) is 5. The van der Waals surface area contributed by atoms with E-state index in [2.05, 4.69) is 5.32 Å². The zero-order chi connectivity index (χ0) is 21.7. The van der Waals surface area contributed by atoms with Crippen LogP contribution < -0.4 is 10.1 Å². The molecule has 3 atom stereocenters. The number of hydrogen-bond donors (Lipinski definition) is 1. The van der Waals surface area contributed by atoms with Crippen molar-refractivity contribution in [2.24, 2.45) is 11.8 Å². The number of carbonyl (C=O) groups excluding carboxylic acids is 3. The molecule has 7 heteroatoms. The summed E-state index contributed by atoms with van der Waals surface area (Å²) in [6.45, 7) is 1.59. The number of para-hydroxylation sites is 1. The third-order valence-corrected chi connectivity index (χ3v) is 6.60. The predicted octanol–water partition coefficient (Wildman–Crippen LogP) is 4.10. The van der Waals surface area contributed by atoms with Gasteiger partial charge in [0.2, 0.25) is 17.7 Å². The highest BCUT2D eigenvalue weighted by Gasteiger charge is 2.50. The minimum absolute atomic E-state index is 0.225. The van der Waals surface area contributed by atoms with E-state index >= 15 is 0 Å². The van der Waals surface area contributed by atoms with Gasteiger partial charge < -0.3 is 14.5 Å². The molecular weight excluding hydrogens is 396 g/mol. The Balaban J connectivity index is 1.43. The molecule has 3 aromatic rings. The first-order valence-electron chi connectivity index (χ1n) is 10.7. The van der Waals surface area contributed by atoms with Crippen molar-refractivity contribution in [3.8, 4) is 5.75 Å². The summed E-state index contributed by atoms with van der Waals surface area (Å²) in [5, 5.41) is 4.67. The Labute approximate surface area is 179 Å². The quantitative estimate of drug-likeness (QED) is 0.642. The molecule has 2 aliphatic rings. The van der Waals surface area contributed by atoms with Gasteiger partial charge in [0.05, 0.1) is 24.6 Å². The van der Waals surface area contributed by atoms with Crippen molar-refractivity contribution in [3.05, 3.63) is 36.4 Å². The maximum atomic E-state index is 13.0. The van der Waals surface area contributed by atoms with Gasteiger partial charge in [0, 0.05) is 16.8 Å². The lowest BCUT2D eigenvalue weighted by Crippen LogP contribution is -2.46. The summed E-state index contributed by atoms with van der Waals surface area (Å²) in [6.07, 6.45) is 3.33. The summed E-state index contributed by atoms with van der Waals surface area (Å²) < 4.78 is 11.4. The van der Waals surface area contributed by atoms with Gasteiger partial charge in [-0.3, -0.25) is 19.3 Å². The van der Waals surface area contributed by atoms with Crippen LogP contribution in [0.15, 0.2) is 40.8 Å². The molecule has 0 unspecified atom stereocenters. The number of fused-ring (bicyclic) bond motifs is 4. The largest absolute Gasteiger partial charge is 0.495 e. The zero-order valence-corrected chi connectivity index (χ0v) is 17.5. The van der Waals surface area contributed by atoms with Crippen LogP contribution in [0.4, 0.5) is 5.69 Å². The van der Waals surface area contributed by atoms with Crippen LogP contribution in [0, 0.1) is 11.8 Å². The van der Waals surface area contributed by atoms with E-state index < -0.39 is 11.9 Å². The van der Waals surface area contributed by atoms with E-state index in [4.69, 9.17) is 9.15 Å². The summed E-state index contributed by atoms with van der Waals surface area (Å²) in [4.78, 5) is 39.8. The monoisotopic (exact) mass is 420 g/mol. The lowest BCUT2D eigenvalue weighted by atomic mass is 9.81. The smallest absolute Gasteiger partial charge is 0.247 e. The fraction of sp³-hybridized carbons (Fsp3) is 0.375. The summed E-state index contributed by atoms with van der Waals surface area (Å²) in [7, 11) is 1.53. The van der Waals surface area contributed by atoms with Gasteiger partial charge in [0.15, 0.2) is 0 Å². The van der Waals surface area contributed by atoms with Crippen LogP contribution >= 0.6 is 0 Å². The number of ether oxygens (including phenoxy) is 1. The maximum Gasteiger partial charge on any atom is 0.247 e.